The molecule has 3 heterocycles. The Bertz CT molecular complexity index is 906. The molecule has 1 aliphatic heterocycles. The second-order valence-electron chi connectivity index (χ2n) is 7.99. The lowest BCUT2D eigenvalue weighted by Crippen LogP contribution is -2.42. The van der Waals surface area contributed by atoms with E-state index in [-0.39, 0.29) is 18.0 Å². The quantitative estimate of drug-likeness (QED) is 0.780. The maximum atomic E-state index is 13.1. The Balaban J connectivity index is 1.52. The SMILES string of the molecule is C[C@@H](C(=O)Nc1sc2c(c1C#N)CCCCC2)N1CCC[C@H]1c1cccn1C. The van der Waals surface area contributed by atoms with E-state index < -0.39 is 0 Å². The number of thiophene rings is 1. The number of rotatable bonds is 4. The molecule has 1 aliphatic carbocycles. The molecule has 0 bridgehead atoms. The van der Waals surface area contributed by atoms with Gasteiger partial charge in [0.25, 0.3) is 0 Å². The Labute approximate surface area is 171 Å². The van der Waals surface area contributed by atoms with Gasteiger partial charge in [0, 0.05) is 23.8 Å². The predicted molar refractivity (Wildman–Crippen MR) is 112 cm³/mol. The molecule has 2 aromatic heterocycles. The number of carbonyl (C=O) groups is 1. The van der Waals surface area contributed by atoms with Crippen molar-refractivity contribution in [2.24, 2.45) is 7.05 Å². The molecular formula is C22H28N4OS. The van der Waals surface area contributed by atoms with E-state index in [9.17, 15) is 10.1 Å². The van der Waals surface area contributed by atoms with Gasteiger partial charge in [0.05, 0.1) is 17.6 Å². The summed E-state index contributed by atoms with van der Waals surface area (Å²) in [6, 6.07) is 6.63. The van der Waals surface area contributed by atoms with Gasteiger partial charge < -0.3 is 9.88 Å². The highest BCUT2D eigenvalue weighted by atomic mass is 32.1. The maximum absolute atomic E-state index is 13.1. The van der Waals surface area contributed by atoms with Crippen molar-refractivity contribution in [2.45, 2.75) is 64.0 Å². The Morgan fingerprint density at radius 2 is 2.14 bits per heavy atom. The number of carbonyl (C=O) groups excluding carboxylic acids is 1. The van der Waals surface area contributed by atoms with Crippen LogP contribution < -0.4 is 5.32 Å². The minimum absolute atomic E-state index is 0.00554. The Morgan fingerprint density at radius 1 is 1.32 bits per heavy atom. The zero-order chi connectivity index (χ0) is 19.7. The van der Waals surface area contributed by atoms with Gasteiger partial charge in [-0.05, 0) is 69.7 Å². The van der Waals surface area contributed by atoms with Gasteiger partial charge in [0.1, 0.15) is 11.1 Å². The molecule has 0 unspecified atom stereocenters. The molecule has 6 heteroatoms. The first-order valence-electron chi connectivity index (χ1n) is 10.3. The van der Waals surface area contributed by atoms with Crippen molar-refractivity contribution in [1.29, 1.82) is 5.26 Å². The molecule has 2 atom stereocenters. The van der Waals surface area contributed by atoms with Crippen LogP contribution in [0.2, 0.25) is 0 Å². The van der Waals surface area contributed by atoms with Gasteiger partial charge in [0.2, 0.25) is 5.91 Å². The number of amides is 1. The largest absolute Gasteiger partial charge is 0.353 e. The van der Waals surface area contributed by atoms with Crippen LogP contribution in [0.15, 0.2) is 18.3 Å². The minimum Gasteiger partial charge on any atom is -0.353 e. The molecule has 4 rings (SSSR count). The van der Waals surface area contributed by atoms with Crippen LogP contribution in [-0.4, -0.2) is 28.0 Å². The molecular weight excluding hydrogens is 368 g/mol. The van der Waals surface area contributed by atoms with Gasteiger partial charge in [-0.1, -0.05) is 6.42 Å². The molecule has 5 nitrogen and oxygen atoms in total. The van der Waals surface area contributed by atoms with Crippen LogP contribution >= 0.6 is 11.3 Å². The Kier molecular flexibility index (Phi) is 5.56. The molecule has 1 amide bonds. The second kappa shape index (κ2) is 8.10. The maximum Gasteiger partial charge on any atom is 0.242 e. The first-order valence-corrected chi connectivity index (χ1v) is 11.1. The van der Waals surface area contributed by atoms with Crippen molar-refractivity contribution in [3.8, 4) is 6.07 Å². The third-order valence-electron chi connectivity index (χ3n) is 6.27. The average molecular weight is 397 g/mol. The molecule has 0 aromatic carbocycles. The molecule has 1 N–H and O–H groups in total. The summed E-state index contributed by atoms with van der Waals surface area (Å²) in [5.41, 5.74) is 3.14. The number of hydrogen-bond donors (Lipinski definition) is 1. The fourth-order valence-corrected chi connectivity index (χ4v) is 5.95. The summed E-state index contributed by atoms with van der Waals surface area (Å²) in [7, 11) is 2.06. The number of aryl methyl sites for hydroxylation is 2. The smallest absolute Gasteiger partial charge is 0.242 e. The first-order chi connectivity index (χ1) is 13.6. The summed E-state index contributed by atoms with van der Waals surface area (Å²) >= 11 is 1.61. The average Bonchev–Trinajstić information content (AvgIpc) is 3.36. The van der Waals surface area contributed by atoms with E-state index in [1.165, 1.54) is 29.0 Å². The van der Waals surface area contributed by atoms with Crippen molar-refractivity contribution in [3.05, 3.63) is 40.0 Å². The van der Waals surface area contributed by atoms with Crippen molar-refractivity contribution >= 4 is 22.2 Å². The number of fused-ring (bicyclic) bond motifs is 1. The van der Waals surface area contributed by atoms with E-state index in [1.54, 1.807) is 11.3 Å². The molecule has 2 aromatic rings. The van der Waals surface area contributed by atoms with E-state index in [4.69, 9.17) is 0 Å². The van der Waals surface area contributed by atoms with Crippen LogP contribution in [0, 0.1) is 11.3 Å². The summed E-state index contributed by atoms with van der Waals surface area (Å²) in [5, 5.41) is 13.6. The van der Waals surface area contributed by atoms with E-state index in [2.05, 4.69) is 46.2 Å². The zero-order valence-electron chi connectivity index (χ0n) is 16.7. The van der Waals surface area contributed by atoms with Gasteiger partial charge in [0.15, 0.2) is 0 Å². The van der Waals surface area contributed by atoms with E-state index >= 15 is 0 Å². The van der Waals surface area contributed by atoms with Crippen molar-refractivity contribution in [3.63, 3.8) is 0 Å². The molecule has 0 radical (unpaired) electrons. The normalized spacial score (nSPS) is 21.0. The van der Waals surface area contributed by atoms with Crippen LogP contribution in [-0.2, 0) is 24.7 Å². The van der Waals surface area contributed by atoms with Crippen molar-refractivity contribution in [1.82, 2.24) is 9.47 Å². The lowest BCUT2D eigenvalue weighted by molar-refractivity contribution is -0.121. The van der Waals surface area contributed by atoms with Crippen LogP contribution in [0.5, 0.6) is 0 Å². The monoisotopic (exact) mass is 396 g/mol. The molecule has 1 saturated heterocycles. The molecule has 2 aliphatic rings. The molecule has 0 saturated carbocycles. The fraction of sp³-hybridized carbons (Fsp3) is 0.545. The minimum atomic E-state index is -0.226. The lowest BCUT2D eigenvalue weighted by atomic mass is 10.1. The zero-order valence-corrected chi connectivity index (χ0v) is 17.5. The third kappa shape index (κ3) is 3.49. The molecule has 148 valence electrons. The number of anilines is 1. The predicted octanol–water partition coefficient (Wildman–Crippen LogP) is 4.39. The molecule has 28 heavy (non-hydrogen) atoms. The molecule has 1 fully saturated rings. The summed E-state index contributed by atoms with van der Waals surface area (Å²) in [5.74, 6) is -0.00554. The summed E-state index contributed by atoms with van der Waals surface area (Å²) in [4.78, 5) is 16.7. The number of hydrogen-bond acceptors (Lipinski definition) is 4. The highest BCUT2D eigenvalue weighted by Gasteiger charge is 2.34. The highest BCUT2D eigenvalue weighted by Crippen LogP contribution is 2.38. The number of nitrogens with one attached hydrogen (secondary N) is 1. The number of aromatic nitrogens is 1. The third-order valence-corrected chi connectivity index (χ3v) is 7.47. The second-order valence-corrected chi connectivity index (χ2v) is 9.09. The first kappa shape index (κ1) is 19.2. The van der Waals surface area contributed by atoms with Crippen LogP contribution in [0.3, 0.4) is 0 Å². The number of nitriles is 1. The summed E-state index contributed by atoms with van der Waals surface area (Å²) in [6.45, 7) is 2.91. The van der Waals surface area contributed by atoms with Gasteiger partial charge >= 0.3 is 0 Å². The summed E-state index contributed by atoms with van der Waals surface area (Å²) in [6.07, 6.45) is 9.76. The fourth-order valence-electron chi connectivity index (χ4n) is 4.71. The van der Waals surface area contributed by atoms with Gasteiger partial charge in [-0.15, -0.1) is 11.3 Å². The van der Waals surface area contributed by atoms with Crippen LogP contribution in [0.1, 0.15) is 66.8 Å². The highest BCUT2D eigenvalue weighted by molar-refractivity contribution is 7.16. The van der Waals surface area contributed by atoms with Gasteiger partial charge in [-0.2, -0.15) is 5.26 Å². The lowest BCUT2D eigenvalue weighted by Gasteiger charge is -2.30. The van der Waals surface area contributed by atoms with Crippen molar-refractivity contribution < 1.29 is 4.79 Å². The van der Waals surface area contributed by atoms with Gasteiger partial charge in [-0.3, -0.25) is 9.69 Å². The topological polar surface area (TPSA) is 61.1 Å². The van der Waals surface area contributed by atoms with Crippen LogP contribution in [0.25, 0.3) is 0 Å². The van der Waals surface area contributed by atoms with Crippen LogP contribution in [0.4, 0.5) is 5.00 Å². The Morgan fingerprint density at radius 3 is 2.89 bits per heavy atom. The number of likely N-dealkylation sites (tertiary alicyclic amines) is 1. The summed E-state index contributed by atoms with van der Waals surface area (Å²) < 4.78 is 2.15. The molecule has 0 spiro atoms. The van der Waals surface area contributed by atoms with Gasteiger partial charge in [-0.25, -0.2) is 0 Å². The Hall–Kier alpha value is -2.10. The number of nitrogens with zero attached hydrogens (tertiary/aromatic N) is 3. The van der Waals surface area contributed by atoms with E-state index in [1.807, 2.05) is 6.92 Å². The van der Waals surface area contributed by atoms with E-state index in [0.29, 0.717) is 5.56 Å². The van der Waals surface area contributed by atoms with E-state index in [0.717, 1.165) is 43.6 Å². The standard InChI is InChI=1S/C22H28N4OS/c1-15(26-13-7-10-19(26)18-9-6-12-25(18)2)21(27)24-22-17(14-23)16-8-4-3-5-11-20(16)28-22/h6,9,12,15,19H,3-5,7-8,10-11,13H2,1-2H3,(H,24,27)/t15-,19-/m0/s1. The van der Waals surface area contributed by atoms with Crippen molar-refractivity contribution in [2.75, 3.05) is 11.9 Å².